The van der Waals surface area contributed by atoms with Gasteiger partial charge in [0.1, 0.15) is 0 Å². The Bertz CT molecular complexity index is 584. The van der Waals surface area contributed by atoms with Crippen molar-refractivity contribution in [3.8, 4) is 0 Å². The number of likely N-dealkylation sites (tertiary alicyclic amines) is 1. The number of hydrogen-bond acceptors (Lipinski definition) is 5. The summed E-state index contributed by atoms with van der Waals surface area (Å²) >= 11 is 0. The van der Waals surface area contributed by atoms with Gasteiger partial charge in [0, 0.05) is 12.6 Å². The summed E-state index contributed by atoms with van der Waals surface area (Å²) in [6.07, 6.45) is 1.08. The third-order valence-corrected chi connectivity index (χ3v) is 5.59. The van der Waals surface area contributed by atoms with E-state index in [1.54, 1.807) is 30.3 Å². The molecule has 7 heteroatoms. The van der Waals surface area contributed by atoms with Crippen LogP contribution in [0.2, 0.25) is 0 Å². The maximum atomic E-state index is 12.3. The zero-order valence-electron chi connectivity index (χ0n) is 14.4. The summed E-state index contributed by atoms with van der Waals surface area (Å²) in [6.45, 7) is 6.30. The molecule has 0 saturated carbocycles. The maximum absolute atomic E-state index is 12.3. The first-order chi connectivity index (χ1) is 11.4. The standard InChI is InChI=1S/C17H28N2O4S/c1-14(2)23-13-16(20)12-19-10-8-15(9-11-19)18-24(21,22)17-6-4-3-5-7-17/h3-7,14-16,18,20H,8-13H2,1-2H3. The van der Waals surface area contributed by atoms with E-state index in [-0.39, 0.29) is 12.1 Å². The van der Waals surface area contributed by atoms with E-state index in [1.165, 1.54) is 0 Å². The van der Waals surface area contributed by atoms with E-state index >= 15 is 0 Å². The van der Waals surface area contributed by atoms with Crippen molar-refractivity contribution in [3.63, 3.8) is 0 Å². The number of aliphatic hydroxyl groups is 1. The van der Waals surface area contributed by atoms with Crippen LogP contribution < -0.4 is 4.72 Å². The largest absolute Gasteiger partial charge is 0.389 e. The Morgan fingerprint density at radius 2 is 1.88 bits per heavy atom. The van der Waals surface area contributed by atoms with Crippen LogP contribution in [0.1, 0.15) is 26.7 Å². The third kappa shape index (κ3) is 6.14. The Balaban J connectivity index is 1.77. The SMILES string of the molecule is CC(C)OCC(O)CN1CCC(NS(=O)(=O)c2ccccc2)CC1. The maximum Gasteiger partial charge on any atom is 0.240 e. The zero-order valence-corrected chi connectivity index (χ0v) is 15.2. The molecule has 6 nitrogen and oxygen atoms in total. The molecule has 2 rings (SSSR count). The van der Waals surface area contributed by atoms with Gasteiger partial charge in [-0.15, -0.1) is 0 Å². The highest BCUT2D eigenvalue weighted by Gasteiger charge is 2.25. The highest BCUT2D eigenvalue weighted by atomic mass is 32.2. The van der Waals surface area contributed by atoms with Gasteiger partial charge < -0.3 is 14.7 Å². The van der Waals surface area contributed by atoms with Gasteiger partial charge in [-0.3, -0.25) is 0 Å². The van der Waals surface area contributed by atoms with Crippen molar-refractivity contribution in [2.75, 3.05) is 26.2 Å². The number of nitrogens with one attached hydrogen (secondary N) is 1. The first-order valence-corrected chi connectivity index (χ1v) is 9.94. The van der Waals surface area contributed by atoms with Gasteiger partial charge in [0.25, 0.3) is 0 Å². The Morgan fingerprint density at radius 1 is 1.25 bits per heavy atom. The molecule has 0 spiro atoms. The topological polar surface area (TPSA) is 78.9 Å². The number of β-amino-alcohol motifs (C(OH)–C–C–N with tert-alkyl or cyclic N) is 1. The molecule has 1 aromatic carbocycles. The second-order valence-electron chi connectivity index (χ2n) is 6.55. The molecule has 0 bridgehead atoms. The third-order valence-electron chi connectivity index (χ3n) is 4.05. The second kappa shape index (κ2) is 8.92. The van der Waals surface area contributed by atoms with E-state index in [9.17, 15) is 13.5 Å². The Morgan fingerprint density at radius 3 is 2.46 bits per heavy atom. The van der Waals surface area contributed by atoms with Crippen molar-refractivity contribution >= 4 is 10.0 Å². The highest BCUT2D eigenvalue weighted by Crippen LogP contribution is 2.15. The summed E-state index contributed by atoms with van der Waals surface area (Å²) in [5.74, 6) is 0. The van der Waals surface area contributed by atoms with Crippen LogP contribution in [0.25, 0.3) is 0 Å². The van der Waals surface area contributed by atoms with Crippen LogP contribution in [0.4, 0.5) is 0 Å². The van der Waals surface area contributed by atoms with Gasteiger partial charge in [-0.05, 0) is 51.9 Å². The molecular weight excluding hydrogens is 328 g/mol. The number of hydrogen-bond donors (Lipinski definition) is 2. The van der Waals surface area contributed by atoms with Crippen LogP contribution in [0.3, 0.4) is 0 Å². The number of aliphatic hydroxyl groups excluding tert-OH is 1. The Hall–Kier alpha value is -0.990. The molecule has 1 fully saturated rings. The van der Waals surface area contributed by atoms with Gasteiger partial charge in [0.15, 0.2) is 0 Å². The number of ether oxygens (including phenoxy) is 1. The fourth-order valence-electron chi connectivity index (χ4n) is 2.77. The van der Waals surface area contributed by atoms with E-state index in [4.69, 9.17) is 4.74 Å². The normalized spacial score (nSPS) is 18.8. The molecule has 1 aliphatic rings. The van der Waals surface area contributed by atoms with E-state index in [1.807, 2.05) is 13.8 Å². The van der Waals surface area contributed by atoms with E-state index < -0.39 is 16.1 Å². The zero-order chi connectivity index (χ0) is 17.6. The molecule has 1 heterocycles. The number of sulfonamides is 1. The van der Waals surface area contributed by atoms with Crippen molar-refractivity contribution in [2.24, 2.45) is 0 Å². The predicted molar refractivity (Wildman–Crippen MR) is 93.3 cm³/mol. The minimum atomic E-state index is -3.46. The molecule has 1 aromatic rings. The van der Waals surface area contributed by atoms with Gasteiger partial charge in [-0.1, -0.05) is 18.2 Å². The molecule has 136 valence electrons. The van der Waals surface area contributed by atoms with Crippen LogP contribution in [-0.4, -0.2) is 62.9 Å². The molecule has 1 saturated heterocycles. The van der Waals surface area contributed by atoms with E-state index in [0.717, 1.165) is 25.9 Å². The molecule has 0 amide bonds. The van der Waals surface area contributed by atoms with Crippen molar-refractivity contribution in [1.82, 2.24) is 9.62 Å². The molecule has 2 N–H and O–H groups in total. The molecule has 24 heavy (non-hydrogen) atoms. The van der Waals surface area contributed by atoms with Crippen molar-refractivity contribution in [3.05, 3.63) is 30.3 Å². The minimum absolute atomic E-state index is 0.0597. The molecule has 1 aliphatic heterocycles. The summed E-state index contributed by atoms with van der Waals surface area (Å²) in [5.41, 5.74) is 0. The van der Waals surface area contributed by atoms with Crippen molar-refractivity contribution < 1.29 is 18.3 Å². The lowest BCUT2D eigenvalue weighted by Crippen LogP contribution is -2.47. The average Bonchev–Trinajstić information content (AvgIpc) is 2.55. The first-order valence-electron chi connectivity index (χ1n) is 8.46. The van der Waals surface area contributed by atoms with Gasteiger partial charge >= 0.3 is 0 Å². The predicted octanol–water partition coefficient (Wildman–Crippen LogP) is 1.22. The highest BCUT2D eigenvalue weighted by molar-refractivity contribution is 7.89. The Kier molecular flexibility index (Phi) is 7.18. The summed E-state index contributed by atoms with van der Waals surface area (Å²) in [5, 5.41) is 9.97. The lowest BCUT2D eigenvalue weighted by molar-refractivity contribution is -0.0112. The van der Waals surface area contributed by atoms with Crippen LogP contribution >= 0.6 is 0 Å². The molecule has 1 atom stereocenters. The summed E-state index contributed by atoms with van der Waals surface area (Å²) in [4.78, 5) is 2.45. The van der Waals surface area contributed by atoms with Gasteiger partial charge in [-0.2, -0.15) is 0 Å². The van der Waals surface area contributed by atoms with Crippen LogP contribution in [0, 0.1) is 0 Å². The van der Waals surface area contributed by atoms with Crippen LogP contribution in [0.15, 0.2) is 35.2 Å². The van der Waals surface area contributed by atoms with Crippen LogP contribution in [-0.2, 0) is 14.8 Å². The number of nitrogens with zero attached hydrogens (tertiary/aromatic N) is 1. The average molecular weight is 356 g/mol. The molecule has 1 unspecified atom stereocenters. The smallest absolute Gasteiger partial charge is 0.240 e. The van der Waals surface area contributed by atoms with Crippen molar-refractivity contribution in [2.45, 2.75) is 49.8 Å². The fourth-order valence-corrected chi connectivity index (χ4v) is 4.10. The molecule has 0 aliphatic carbocycles. The Labute approximate surface area is 144 Å². The molecular formula is C17H28N2O4S. The second-order valence-corrected chi connectivity index (χ2v) is 8.26. The minimum Gasteiger partial charge on any atom is -0.389 e. The lowest BCUT2D eigenvalue weighted by Gasteiger charge is -2.33. The number of rotatable bonds is 8. The quantitative estimate of drug-likeness (QED) is 0.732. The monoisotopic (exact) mass is 356 g/mol. The lowest BCUT2D eigenvalue weighted by atomic mass is 10.1. The van der Waals surface area contributed by atoms with Gasteiger partial charge in [-0.25, -0.2) is 13.1 Å². The molecule has 0 radical (unpaired) electrons. The van der Waals surface area contributed by atoms with E-state index in [0.29, 0.717) is 18.0 Å². The van der Waals surface area contributed by atoms with E-state index in [2.05, 4.69) is 9.62 Å². The van der Waals surface area contributed by atoms with Gasteiger partial charge in [0.2, 0.25) is 10.0 Å². The van der Waals surface area contributed by atoms with Gasteiger partial charge in [0.05, 0.1) is 23.7 Å². The summed E-state index contributed by atoms with van der Waals surface area (Å²) in [7, 11) is -3.46. The number of benzene rings is 1. The molecule has 0 aromatic heterocycles. The van der Waals surface area contributed by atoms with Crippen molar-refractivity contribution in [1.29, 1.82) is 0 Å². The number of piperidine rings is 1. The fraction of sp³-hybridized carbons (Fsp3) is 0.647. The summed E-state index contributed by atoms with van der Waals surface area (Å²) in [6, 6.07) is 8.38. The first kappa shape index (κ1) is 19.3. The summed E-state index contributed by atoms with van der Waals surface area (Å²) < 4.78 is 32.9. The van der Waals surface area contributed by atoms with Crippen LogP contribution in [0.5, 0.6) is 0 Å².